The highest BCUT2D eigenvalue weighted by Gasteiger charge is 2.32. The molecular formula is C21H26N2O3. The zero-order chi connectivity index (χ0) is 18.7. The average Bonchev–Trinajstić information content (AvgIpc) is 2.66. The van der Waals surface area contributed by atoms with Gasteiger partial charge in [-0.2, -0.15) is 0 Å². The summed E-state index contributed by atoms with van der Waals surface area (Å²) in [6.45, 7) is 3.07. The van der Waals surface area contributed by atoms with Gasteiger partial charge in [0, 0.05) is 38.9 Å². The number of hydrogen-bond acceptors (Lipinski definition) is 3. The number of carbonyl (C=O) groups is 1. The number of rotatable bonds is 4. The largest absolute Gasteiger partial charge is 0.381 e. The van der Waals surface area contributed by atoms with E-state index in [9.17, 15) is 9.59 Å². The summed E-state index contributed by atoms with van der Waals surface area (Å²) in [6, 6.07) is 13.7. The highest BCUT2D eigenvalue weighted by molar-refractivity contribution is 5.94. The first-order valence-corrected chi connectivity index (χ1v) is 9.04. The van der Waals surface area contributed by atoms with Gasteiger partial charge in [-0.05, 0) is 37.5 Å². The molecular weight excluding hydrogens is 328 g/mol. The molecule has 1 aromatic heterocycles. The molecule has 1 amide bonds. The summed E-state index contributed by atoms with van der Waals surface area (Å²) < 4.78 is 7.19. The number of piperidine rings is 1. The van der Waals surface area contributed by atoms with Crippen molar-refractivity contribution >= 4 is 5.91 Å². The molecule has 5 nitrogen and oxygen atoms in total. The van der Waals surface area contributed by atoms with Crippen LogP contribution in [0.15, 0.2) is 47.3 Å². The number of likely N-dealkylation sites (tertiary alicyclic amines) is 1. The van der Waals surface area contributed by atoms with Crippen molar-refractivity contribution in [3.63, 3.8) is 0 Å². The predicted molar refractivity (Wildman–Crippen MR) is 101 cm³/mol. The van der Waals surface area contributed by atoms with Crippen LogP contribution in [-0.2, 0) is 18.2 Å². The molecule has 0 N–H and O–H groups in total. The van der Waals surface area contributed by atoms with Crippen molar-refractivity contribution in [3.8, 4) is 0 Å². The highest BCUT2D eigenvalue weighted by Crippen LogP contribution is 2.24. The summed E-state index contributed by atoms with van der Waals surface area (Å²) in [6.07, 6.45) is 1.76. The molecule has 5 heteroatoms. The quantitative estimate of drug-likeness (QED) is 0.847. The minimum atomic E-state index is -0.233. The molecule has 1 aliphatic rings. The first-order valence-electron chi connectivity index (χ1n) is 9.04. The first-order chi connectivity index (χ1) is 12.5. The molecule has 1 fully saturated rings. The van der Waals surface area contributed by atoms with Crippen molar-refractivity contribution in [1.29, 1.82) is 0 Å². The number of pyridine rings is 1. The van der Waals surface area contributed by atoms with Gasteiger partial charge < -0.3 is 14.2 Å². The maximum atomic E-state index is 12.9. The second-order valence-corrected chi connectivity index (χ2v) is 7.02. The first kappa shape index (κ1) is 18.4. The third-order valence-electron chi connectivity index (χ3n) is 5.38. The van der Waals surface area contributed by atoms with Crippen LogP contribution in [0.3, 0.4) is 0 Å². The Morgan fingerprint density at radius 1 is 1.19 bits per heavy atom. The van der Waals surface area contributed by atoms with Crippen LogP contribution in [0.1, 0.15) is 28.0 Å². The number of ether oxygens (including phenoxy) is 1. The number of aromatic nitrogens is 1. The Morgan fingerprint density at radius 3 is 2.62 bits per heavy atom. The van der Waals surface area contributed by atoms with E-state index in [-0.39, 0.29) is 29.1 Å². The molecule has 2 aromatic rings. The molecule has 1 aliphatic heterocycles. The van der Waals surface area contributed by atoms with Crippen LogP contribution in [0.5, 0.6) is 0 Å². The molecule has 2 heterocycles. The van der Waals surface area contributed by atoms with E-state index >= 15 is 0 Å². The van der Waals surface area contributed by atoms with Crippen molar-refractivity contribution in [2.24, 2.45) is 13.0 Å². The van der Waals surface area contributed by atoms with Gasteiger partial charge in [-0.15, -0.1) is 0 Å². The van der Waals surface area contributed by atoms with Gasteiger partial charge in [0.15, 0.2) is 0 Å². The van der Waals surface area contributed by atoms with Gasteiger partial charge in [-0.25, -0.2) is 0 Å². The second kappa shape index (κ2) is 7.87. The minimum Gasteiger partial charge on any atom is -0.381 e. The highest BCUT2D eigenvalue weighted by atomic mass is 16.5. The topological polar surface area (TPSA) is 51.5 Å². The molecule has 1 saturated heterocycles. The minimum absolute atomic E-state index is 0.125. The number of amides is 1. The number of aryl methyl sites for hydroxylation is 1. The Morgan fingerprint density at radius 2 is 1.92 bits per heavy atom. The monoisotopic (exact) mass is 354 g/mol. The van der Waals surface area contributed by atoms with Crippen LogP contribution in [0.2, 0.25) is 0 Å². The van der Waals surface area contributed by atoms with Crippen molar-refractivity contribution in [1.82, 2.24) is 9.47 Å². The molecule has 0 aliphatic carbocycles. The Hall–Kier alpha value is -2.40. The number of carbonyl (C=O) groups excluding carboxylic acids is 1. The molecule has 138 valence electrons. The van der Waals surface area contributed by atoms with Crippen LogP contribution in [-0.4, -0.2) is 41.7 Å². The fourth-order valence-corrected chi connectivity index (χ4v) is 3.68. The third kappa shape index (κ3) is 3.73. The van der Waals surface area contributed by atoms with Crippen LogP contribution in [0.25, 0.3) is 0 Å². The van der Waals surface area contributed by atoms with Gasteiger partial charge in [0.1, 0.15) is 5.56 Å². The smallest absolute Gasteiger partial charge is 0.263 e. The Kier molecular flexibility index (Phi) is 5.57. The van der Waals surface area contributed by atoms with Gasteiger partial charge in [0.25, 0.3) is 11.5 Å². The van der Waals surface area contributed by atoms with E-state index in [2.05, 4.69) is 12.1 Å². The summed E-state index contributed by atoms with van der Waals surface area (Å²) in [5.74, 6) is 0.0348. The van der Waals surface area contributed by atoms with E-state index in [4.69, 9.17) is 4.74 Å². The number of methoxy groups -OCH3 is 1. The van der Waals surface area contributed by atoms with Crippen LogP contribution >= 0.6 is 0 Å². The van der Waals surface area contributed by atoms with Crippen molar-refractivity contribution in [2.45, 2.75) is 25.9 Å². The molecule has 0 spiro atoms. The van der Waals surface area contributed by atoms with Gasteiger partial charge >= 0.3 is 0 Å². The second-order valence-electron chi connectivity index (χ2n) is 7.02. The molecule has 3 rings (SSSR count). The number of benzene rings is 1. The Labute approximate surface area is 154 Å². The molecule has 0 unspecified atom stereocenters. The lowest BCUT2D eigenvalue weighted by molar-refractivity contribution is -0.00306. The molecule has 0 radical (unpaired) electrons. The summed E-state index contributed by atoms with van der Waals surface area (Å²) in [5, 5.41) is 0. The fourth-order valence-electron chi connectivity index (χ4n) is 3.68. The average molecular weight is 354 g/mol. The lowest BCUT2D eigenvalue weighted by Gasteiger charge is -2.38. The summed E-state index contributed by atoms with van der Waals surface area (Å²) in [7, 11) is 3.43. The maximum absolute atomic E-state index is 12.9. The molecule has 0 bridgehead atoms. The fraction of sp³-hybridized carbons (Fsp3) is 0.429. The SMILES string of the molecule is CO[C@@H]1CCN(C(=O)c2ccc(C)n(C)c2=O)C[C@H]1Cc1ccccc1. The van der Waals surface area contributed by atoms with Crippen LogP contribution in [0, 0.1) is 12.8 Å². The Bertz CT molecular complexity index is 829. The van der Waals surface area contributed by atoms with E-state index in [1.165, 1.54) is 10.1 Å². The number of hydrogen-bond donors (Lipinski definition) is 0. The van der Waals surface area contributed by atoms with E-state index in [0.717, 1.165) is 18.5 Å². The van der Waals surface area contributed by atoms with Crippen LogP contribution < -0.4 is 5.56 Å². The van der Waals surface area contributed by atoms with Crippen LogP contribution in [0.4, 0.5) is 0 Å². The van der Waals surface area contributed by atoms with Gasteiger partial charge in [-0.1, -0.05) is 30.3 Å². The van der Waals surface area contributed by atoms with Gasteiger partial charge in [0.05, 0.1) is 6.10 Å². The van der Waals surface area contributed by atoms with Crippen molar-refractivity contribution in [2.75, 3.05) is 20.2 Å². The third-order valence-corrected chi connectivity index (χ3v) is 5.38. The lowest BCUT2D eigenvalue weighted by atomic mass is 9.88. The summed E-state index contributed by atoms with van der Waals surface area (Å²) in [5.41, 5.74) is 2.09. The molecule has 2 atom stereocenters. The van der Waals surface area contributed by atoms with E-state index in [0.29, 0.717) is 13.1 Å². The van der Waals surface area contributed by atoms with Gasteiger partial charge in [-0.3, -0.25) is 9.59 Å². The van der Waals surface area contributed by atoms with Gasteiger partial charge in [0.2, 0.25) is 0 Å². The standard InChI is InChI=1S/C21H26N2O3/c1-15-9-10-18(20(24)22(15)2)21(25)23-12-11-19(26-3)17(14-23)13-16-7-5-4-6-8-16/h4-10,17,19H,11-14H2,1-3H3/t17-,19-/m1/s1. The normalized spacial score (nSPS) is 20.2. The van der Waals surface area contributed by atoms with E-state index < -0.39 is 0 Å². The molecule has 1 aromatic carbocycles. The molecule has 26 heavy (non-hydrogen) atoms. The lowest BCUT2D eigenvalue weighted by Crippen LogP contribution is -2.48. The van der Waals surface area contributed by atoms with Crippen molar-refractivity contribution in [3.05, 3.63) is 69.6 Å². The maximum Gasteiger partial charge on any atom is 0.263 e. The van der Waals surface area contributed by atoms with E-state index in [1.807, 2.05) is 31.2 Å². The number of nitrogens with zero attached hydrogens (tertiary/aromatic N) is 2. The zero-order valence-corrected chi connectivity index (χ0v) is 15.6. The van der Waals surface area contributed by atoms with Crippen molar-refractivity contribution < 1.29 is 9.53 Å². The predicted octanol–water partition coefficient (Wildman–Crippen LogP) is 2.41. The Balaban J connectivity index is 1.80. The van der Waals surface area contributed by atoms with E-state index in [1.54, 1.807) is 25.1 Å². The zero-order valence-electron chi connectivity index (χ0n) is 15.6. The summed E-state index contributed by atoms with van der Waals surface area (Å²) >= 11 is 0. The molecule has 0 saturated carbocycles. The summed E-state index contributed by atoms with van der Waals surface area (Å²) in [4.78, 5) is 27.2.